The number of carbonyl (C=O) groups is 3. The van der Waals surface area contributed by atoms with Gasteiger partial charge < -0.3 is 24.4 Å². The Kier molecular flexibility index (Phi) is 6.69. The minimum Gasteiger partial charge on any atom is -0.550 e. The molecule has 0 spiro atoms. The second-order valence-electron chi connectivity index (χ2n) is 8.00. The molecule has 0 aliphatic carbocycles. The summed E-state index contributed by atoms with van der Waals surface area (Å²) in [4.78, 5) is 50.7. The molecule has 36 heavy (non-hydrogen) atoms. The SMILES string of the molecule is O=C([O-])CCC(=O)OC[C@H]1CN(c2ccc3cc(-c4ccccc4C(F)(F)F)[nH]c(=O)c3c2)C(=O)O1. The number of halogens is 3. The topological polar surface area (TPSA) is 129 Å². The molecule has 1 saturated heterocycles. The van der Waals surface area contributed by atoms with E-state index in [1.165, 1.54) is 47.4 Å². The van der Waals surface area contributed by atoms with Crippen LogP contribution in [0.4, 0.5) is 23.7 Å². The molecule has 0 radical (unpaired) electrons. The molecule has 0 saturated carbocycles. The number of aromatic nitrogens is 1. The van der Waals surface area contributed by atoms with Gasteiger partial charge in [-0.3, -0.25) is 14.5 Å². The molecule has 3 aromatic rings. The number of carbonyl (C=O) groups excluding carboxylic acids is 3. The Hall–Kier alpha value is -4.35. The minimum atomic E-state index is -4.61. The molecule has 0 bridgehead atoms. The Bertz CT molecular complexity index is 1400. The van der Waals surface area contributed by atoms with Crippen molar-refractivity contribution >= 4 is 34.5 Å². The maximum absolute atomic E-state index is 13.4. The van der Waals surface area contributed by atoms with E-state index in [1.54, 1.807) is 0 Å². The Morgan fingerprint density at radius 1 is 1.11 bits per heavy atom. The molecule has 4 rings (SSSR count). The van der Waals surface area contributed by atoms with E-state index in [2.05, 4.69) is 4.98 Å². The molecule has 188 valence electrons. The number of aromatic amines is 1. The van der Waals surface area contributed by atoms with Gasteiger partial charge in [0, 0.05) is 28.3 Å². The van der Waals surface area contributed by atoms with Crippen LogP contribution in [0.2, 0.25) is 0 Å². The number of alkyl halides is 3. The lowest BCUT2D eigenvalue weighted by atomic mass is 10.0. The van der Waals surface area contributed by atoms with Gasteiger partial charge in [-0.05, 0) is 36.1 Å². The van der Waals surface area contributed by atoms with Gasteiger partial charge in [-0.1, -0.05) is 24.3 Å². The summed E-state index contributed by atoms with van der Waals surface area (Å²) in [5.41, 5.74) is -1.41. The molecule has 0 unspecified atom stereocenters. The summed E-state index contributed by atoms with van der Waals surface area (Å²) < 4.78 is 50.3. The number of amides is 1. The van der Waals surface area contributed by atoms with Crippen molar-refractivity contribution in [1.29, 1.82) is 0 Å². The van der Waals surface area contributed by atoms with Crippen LogP contribution >= 0.6 is 0 Å². The molecule has 1 aliphatic heterocycles. The standard InChI is InChI=1S/C24H19F3N2O7/c25-24(26,27)18-4-2-1-3-16(18)19-9-13-5-6-14(10-17(13)22(33)28-19)29-11-15(36-23(29)34)12-35-21(32)8-7-20(30)31/h1-6,9-10,15H,7-8,11-12H2,(H,28,33)(H,30,31)/p-1/t15-/m1/s1. The van der Waals surface area contributed by atoms with Crippen LogP contribution in [0.5, 0.6) is 0 Å². The number of pyridine rings is 1. The quantitative estimate of drug-likeness (QED) is 0.491. The number of hydrogen-bond donors (Lipinski definition) is 1. The summed E-state index contributed by atoms with van der Waals surface area (Å²) in [5, 5.41) is 10.9. The summed E-state index contributed by atoms with van der Waals surface area (Å²) in [6, 6.07) is 10.7. The first kappa shape index (κ1) is 24.8. The lowest BCUT2D eigenvalue weighted by Crippen LogP contribution is -2.27. The van der Waals surface area contributed by atoms with E-state index >= 15 is 0 Å². The largest absolute Gasteiger partial charge is 0.550 e. The number of aliphatic carboxylic acids is 1. The highest BCUT2D eigenvalue weighted by Crippen LogP contribution is 2.36. The highest BCUT2D eigenvalue weighted by atomic mass is 19.4. The van der Waals surface area contributed by atoms with Crippen LogP contribution in [0.25, 0.3) is 22.0 Å². The molecule has 1 atom stereocenters. The fourth-order valence-electron chi connectivity index (χ4n) is 3.81. The van der Waals surface area contributed by atoms with Gasteiger partial charge in [0.1, 0.15) is 6.61 Å². The third-order valence-electron chi connectivity index (χ3n) is 5.50. The highest BCUT2D eigenvalue weighted by Gasteiger charge is 2.34. The van der Waals surface area contributed by atoms with Crippen LogP contribution < -0.4 is 15.6 Å². The van der Waals surface area contributed by atoms with E-state index in [4.69, 9.17) is 9.47 Å². The number of hydrogen-bond acceptors (Lipinski definition) is 7. The number of rotatable bonds is 7. The normalized spacial score (nSPS) is 15.7. The van der Waals surface area contributed by atoms with Crippen LogP contribution in [0.15, 0.2) is 53.3 Å². The first-order valence-electron chi connectivity index (χ1n) is 10.7. The van der Waals surface area contributed by atoms with E-state index in [9.17, 15) is 37.5 Å². The summed E-state index contributed by atoms with van der Waals surface area (Å²) in [6.07, 6.45) is -7.06. The summed E-state index contributed by atoms with van der Waals surface area (Å²) in [7, 11) is 0. The van der Waals surface area contributed by atoms with Crippen molar-refractivity contribution in [3.63, 3.8) is 0 Å². The predicted molar refractivity (Wildman–Crippen MR) is 118 cm³/mol. The van der Waals surface area contributed by atoms with E-state index < -0.39 is 47.9 Å². The van der Waals surface area contributed by atoms with Crippen molar-refractivity contribution < 1.29 is 42.1 Å². The fraction of sp³-hybridized carbons (Fsp3) is 0.250. The van der Waals surface area contributed by atoms with Gasteiger partial charge in [-0.2, -0.15) is 13.2 Å². The zero-order valence-electron chi connectivity index (χ0n) is 18.5. The number of cyclic esters (lactones) is 1. The third kappa shape index (κ3) is 5.32. The Morgan fingerprint density at radius 3 is 2.58 bits per heavy atom. The number of H-pyrrole nitrogens is 1. The number of ether oxygens (including phenoxy) is 2. The maximum atomic E-state index is 13.4. The van der Waals surface area contributed by atoms with Gasteiger partial charge in [-0.15, -0.1) is 0 Å². The lowest BCUT2D eigenvalue weighted by molar-refractivity contribution is -0.305. The Balaban J connectivity index is 1.54. The number of carboxylic acids is 1. The van der Waals surface area contributed by atoms with Crippen molar-refractivity contribution in [2.75, 3.05) is 18.1 Å². The van der Waals surface area contributed by atoms with Crippen molar-refractivity contribution in [3.8, 4) is 11.3 Å². The van der Waals surface area contributed by atoms with Crippen LogP contribution in [0, 0.1) is 0 Å². The number of fused-ring (bicyclic) bond motifs is 1. The highest BCUT2D eigenvalue weighted by molar-refractivity contribution is 5.95. The average Bonchev–Trinajstić information content (AvgIpc) is 3.21. The molecule has 12 heteroatoms. The lowest BCUT2D eigenvalue weighted by Gasteiger charge is -2.15. The van der Waals surface area contributed by atoms with Crippen LogP contribution in [-0.2, 0) is 25.2 Å². The summed E-state index contributed by atoms with van der Waals surface area (Å²) >= 11 is 0. The Labute approximate surface area is 201 Å². The second kappa shape index (κ2) is 9.72. The molecule has 9 nitrogen and oxygen atoms in total. The zero-order chi connectivity index (χ0) is 26.0. The smallest absolute Gasteiger partial charge is 0.417 e. The van der Waals surface area contributed by atoms with Crippen LogP contribution in [-0.4, -0.2) is 42.3 Å². The Morgan fingerprint density at radius 2 is 1.86 bits per heavy atom. The van der Waals surface area contributed by atoms with Gasteiger partial charge in [0.15, 0.2) is 6.10 Å². The maximum Gasteiger partial charge on any atom is 0.417 e. The van der Waals surface area contributed by atoms with E-state index in [1.807, 2.05) is 0 Å². The molecule has 1 amide bonds. The van der Waals surface area contributed by atoms with Crippen molar-refractivity contribution in [2.45, 2.75) is 25.1 Å². The molecular weight excluding hydrogens is 485 g/mol. The molecule has 2 heterocycles. The molecule has 2 aromatic carbocycles. The molecule has 1 N–H and O–H groups in total. The van der Waals surface area contributed by atoms with Gasteiger partial charge in [0.25, 0.3) is 5.56 Å². The van der Waals surface area contributed by atoms with Crippen LogP contribution in [0.1, 0.15) is 18.4 Å². The van der Waals surface area contributed by atoms with Crippen molar-refractivity contribution in [2.24, 2.45) is 0 Å². The van der Waals surface area contributed by atoms with Gasteiger partial charge in [-0.25, -0.2) is 4.79 Å². The average molecular weight is 503 g/mol. The van der Waals surface area contributed by atoms with E-state index in [0.29, 0.717) is 11.1 Å². The van der Waals surface area contributed by atoms with Gasteiger partial charge in [0.2, 0.25) is 0 Å². The van der Waals surface area contributed by atoms with Crippen molar-refractivity contribution in [1.82, 2.24) is 4.98 Å². The first-order chi connectivity index (χ1) is 17.0. The monoisotopic (exact) mass is 503 g/mol. The van der Waals surface area contributed by atoms with E-state index in [-0.39, 0.29) is 36.2 Å². The van der Waals surface area contributed by atoms with Crippen LogP contribution in [0.3, 0.4) is 0 Å². The number of anilines is 1. The van der Waals surface area contributed by atoms with E-state index in [0.717, 1.165) is 6.07 Å². The minimum absolute atomic E-state index is 0.00526. The van der Waals surface area contributed by atoms with Crippen molar-refractivity contribution in [3.05, 3.63) is 64.4 Å². The summed E-state index contributed by atoms with van der Waals surface area (Å²) in [6.45, 7) is -0.294. The first-order valence-corrected chi connectivity index (χ1v) is 10.7. The van der Waals surface area contributed by atoms with Gasteiger partial charge in [0.05, 0.1) is 18.5 Å². The predicted octanol–water partition coefficient (Wildman–Crippen LogP) is 2.61. The molecular formula is C24H18F3N2O7-. The number of nitrogens with zero attached hydrogens (tertiary/aromatic N) is 1. The third-order valence-corrected chi connectivity index (χ3v) is 5.50. The summed E-state index contributed by atoms with van der Waals surface area (Å²) in [5.74, 6) is -2.18. The number of benzene rings is 2. The fourth-order valence-corrected chi connectivity index (χ4v) is 3.81. The molecule has 1 aliphatic rings. The number of nitrogens with one attached hydrogen (secondary N) is 1. The number of carboxylic acid groups (broad SMARTS) is 1. The number of esters is 1. The second-order valence-corrected chi connectivity index (χ2v) is 8.00. The van der Waals surface area contributed by atoms with Gasteiger partial charge >= 0.3 is 18.2 Å². The molecule has 1 aromatic heterocycles. The zero-order valence-corrected chi connectivity index (χ0v) is 18.5. The molecule has 1 fully saturated rings.